The average Bonchev–Trinajstić information content (AvgIpc) is 2.25. The second-order valence-electron chi connectivity index (χ2n) is 4.22. The van der Waals surface area contributed by atoms with Crippen molar-refractivity contribution in [3.8, 4) is 0 Å². The number of hydrogen-bond acceptors (Lipinski definition) is 3. The largest absolute Gasteiger partial charge is 0.409 e. The zero-order valence-electron chi connectivity index (χ0n) is 9.87. The molecule has 18 heavy (non-hydrogen) atoms. The van der Waals surface area contributed by atoms with Crippen LogP contribution in [-0.2, 0) is 0 Å². The van der Waals surface area contributed by atoms with Gasteiger partial charge >= 0.3 is 0 Å². The normalized spacial score (nSPS) is 12.3. The first-order valence-corrected chi connectivity index (χ1v) is 6.20. The summed E-state index contributed by atoms with van der Waals surface area (Å²) in [6.45, 7) is 3.25. The molecule has 1 aromatic carbocycles. The second kappa shape index (κ2) is 5.58. The number of nitrogens with two attached hydrogens (primary N) is 1. The predicted octanol–water partition coefficient (Wildman–Crippen LogP) is 2.36. The van der Waals surface area contributed by atoms with Gasteiger partial charge in [0.1, 0.15) is 0 Å². The Balaban J connectivity index is 2.95. The molecule has 1 rings (SSSR count). The molecule has 0 aliphatic heterocycles. The highest BCUT2D eigenvalue weighted by Gasteiger charge is 2.26. The van der Waals surface area contributed by atoms with Crippen LogP contribution < -0.4 is 11.1 Å². The molecule has 0 atom stereocenters. The fourth-order valence-corrected chi connectivity index (χ4v) is 2.09. The van der Waals surface area contributed by atoms with Gasteiger partial charge in [-0.15, -0.1) is 0 Å². The van der Waals surface area contributed by atoms with Gasteiger partial charge in [0, 0.05) is 15.1 Å². The molecule has 98 valence electrons. The number of nitrogens with zero attached hydrogens (tertiary/aromatic N) is 1. The first-order valence-electron chi connectivity index (χ1n) is 5.03. The molecule has 0 fully saturated rings. The molecule has 0 unspecified atom stereocenters. The van der Waals surface area contributed by atoms with Crippen LogP contribution in [0.2, 0.25) is 5.02 Å². The van der Waals surface area contributed by atoms with Crippen molar-refractivity contribution in [3.63, 3.8) is 0 Å². The number of amidine groups is 1. The van der Waals surface area contributed by atoms with Gasteiger partial charge in [-0.3, -0.25) is 4.79 Å². The number of amides is 1. The molecule has 0 spiro atoms. The second-order valence-corrected chi connectivity index (χ2v) is 5.57. The van der Waals surface area contributed by atoms with Crippen molar-refractivity contribution in [2.75, 3.05) is 0 Å². The Hall–Kier alpha value is -1.27. The summed E-state index contributed by atoms with van der Waals surface area (Å²) in [5.74, 6) is -0.452. The smallest absolute Gasteiger partial charge is 0.252 e. The summed E-state index contributed by atoms with van der Waals surface area (Å²) in [6.07, 6.45) is 0. The molecule has 5 nitrogen and oxygen atoms in total. The van der Waals surface area contributed by atoms with Crippen molar-refractivity contribution >= 4 is 39.3 Å². The lowest BCUT2D eigenvalue weighted by Crippen LogP contribution is -2.53. The Morgan fingerprint density at radius 1 is 1.50 bits per heavy atom. The summed E-state index contributed by atoms with van der Waals surface area (Å²) in [5, 5.41) is 14.6. The maximum Gasteiger partial charge on any atom is 0.252 e. The van der Waals surface area contributed by atoms with Gasteiger partial charge in [0.25, 0.3) is 5.91 Å². The van der Waals surface area contributed by atoms with Crippen molar-refractivity contribution in [2.45, 2.75) is 19.4 Å². The number of nitrogens with one attached hydrogen (secondary N) is 1. The molecule has 0 saturated heterocycles. The van der Waals surface area contributed by atoms with Crippen molar-refractivity contribution in [1.29, 1.82) is 0 Å². The minimum absolute atomic E-state index is 0.0862. The van der Waals surface area contributed by atoms with Gasteiger partial charge in [0.15, 0.2) is 5.84 Å². The summed E-state index contributed by atoms with van der Waals surface area (Å²) >= 11 is 9.11. The zero-order valence-corrected chi connectivity index (χ0v) is 12.2. The van der Waals surface area contributed by atoms with Gasteiger partial charge in [-0.05, 0) is 32.0 Å². The minimum Gasteiger partial charge on any atom is -0.409 e. The highest BCUT2D eigenvalue weighted by atomic mass is 79.9. The summed E-state index contributed by atoms with van der Waals surface area (Å²) < 4.78 is 0.696. The molecule has 4 N–H and O–H groups in total. The Morgan fingerprint density at radius 3 is 2.61 bits per heavy atom. The number of halogens is 2. The third-order valence-electron chi connectivity index (χ3n) is 2.30. The van der Waals surface area contributed by atoms with Crippen molar-refractivity contribution < 1.29 is 10.0 Å². The van der Waals surface area contributed by atoms with Crippen LogP contribution >= 0.6 is 27.5 Å². The highest BCUT2D eigenvalue weighted by molar-refractivity contribution is 9.10. The van der Waals surface area contributed by atoms with Gasteiger partial charge in [0.05, 0.1) is 5.54 Å². The SMILES string of the molecule is CC(C)(NC(=O)c1cc(Cl)cc(Br)c1)/C(N)=N/O. The molecule has 0 radical (unpaired) electrons. The fourth-order valence-electron chi connectivity index (χ4n) is 1.23. The first-order chi connectivity index (χ1) is 8.26. The van der Waals surface area contributed by atoms with Crippen LogP contribution in [0.4, 0.5) is 0 Å². The van der Waals surface area contributed by atoms with Gasteiger partial charge < -0.3 is 16.3 Å². The van der Waals surface area contributed by atoms with Crippen LogP contribution in [-0.4, -0.2) is 22.5 Å². The molecule has 1 amide bonds. The zero-order chi connectivity index (χ0) is 13.9. The van der Waals surface area contributed by atoms with Crippen molar-refractivity contribution in [3.05, 3.63) is 33.3 Å². The summed E-state index contributed by atoms with van der Waals surface area (Å²) in [7, 11) is 0. The fraction of sp³-hybridized carbons (Fsp3) is 0.273. The Bertz CT molecular complexity index is 483. The predicted molar refractivity (Wildman–Crippen MR) is 74.1 cm³/mol. The Kier molecular flexibility index (Phi) is 4.59. The van der Waals surface area contributed by atoms with Gasteiger partial charge in [0.2, 0.25) is 0 Å². The molecule has 0 bridgehead atoms. The van der Waals surface area contributed by atoms with Crippen LogP contribution in [0.25, 0.3) is 0 Å². The van der Waals surface area contributed by atoms with E-state index >= 15 is 0 Å². The number of carbonyl (C=O) groups excluding carboxylic acids is 1. The van der Waals surface area contributed by atoms with Gasteiger partial charge in [-0.1, -0.05) is 32.7 Å². The Labute approximate surface area is 118 Å². The number of carbonyl (C=O) groups is 1. The van der Waals surface area contributed by atoms with E-state index in [4.69, 9.17) is 22.5 Å². The third kappa shape index (κ3) is 3.61. The van der Waals surface area contributed by atoms with Crippen LogP contribution in [0.15, 0.2) is 27.8 Å². The number of rotatable bonds is 3. The van der Waals surface area contributed by atoms with E-state index in [1.54, 1.807) is 26.0 Å². The van der Waals surface area contributed by atoms with Crippen LogP contribution in [0.5, 0.6) is 0 Å². The lowest BCUT2D eigenvalue weighted by molar-refractivity contribution is 0.0931. The van der Waals surface area contributed by atoms with E-state index in [9.17, 15) is 4.79 Å². The molecule has 0 aromatic heterocycles. The standard InChI is InChI=1S/C11H13BrClN3O2/c1-11(2,10(14)16-18)15-9(17)6-3-7(12)5-8(13)4-6/h3-5,18H,1-2H3,(H2,14,16)(H,15,17). The van der Waals surface area contributed by atoms with E-state index in [2.05, 4.69) is 26.4 Å². The number of oxime groups is 1. The van der Waals surface area contributed by atoms with E-state index in [1.165, 1.54) is 6.07 Å². The van der Waals surface area contributed by atoms with E-state index in [0.29, 0.717) is 15.1 Å². The molecule has 0 aliphatic rings. The monoisotopic (exact) mass is 333 g/mol. The molecule has 0 saturated carbocycles. The minimum atomic E-state index is -0.958. The molecular weight excluding hydrogens is 321 g/mol. The highest BCUT2D eigenvalue weighted by Crippen LogP contribution is 2.20. The van der Waals surface area contributed by atoms with Crippen LogP contribution in [0.1, 0.15) is 24.2 Å². The van der Waals surface area contributed by atoms with E-state index in [1.807, 2.05) is 0 Å². The van der Waals surface area contributed by atoms with Gasteiger partial charge in [-0.2, -0.15) is 0 Å². The topological polar surface area (TPSA) is 87.7 Å². The van der Waals surface area contributed by atoms with E-state index < -0.39 is 5.54 Å². The first kappa shape index (κ1) is 14.8. The quantitative estimate of drug-likeness (QED) is 0.343. The third-order valence-corrected chi connectivity index (χ3v) is 2.97. The number of benzene rings is 1. The summed E-state index contributed by atoms with van der Waals surface area (Å²) in [4.78, 5) is 12.0. The van der Waals surface area contributed by atoms with Crippen LogP contribution in [0.3, 0.4) is 0 Å². The van der Waals surface area contributed by atoms with Crippen molar-refractivity contribution in [2.24, 2.45) is 10.9 Å². The molecule has 7 heteroatoms. The molecule has 0 aliphatic carbocycles. The molecule has 0 heterocycles. The summed E-state index contributed by atoms with van der Waals surface area (Å²) in [6, 6.07) is 4.83. The summed E-state index contributed by atoms with van der Waals surface area (Å²) in [5.41, 5.74) is 4.91. The maximum atomic E-state index is 12.0. The van der Waals surface area contributed by atoms with Gasteiger partial charge in [-0.25, -0.2) is 0 Å². The molecular formula is C11H13BrClN3O2. The Morgan fingerprint density at radius 2 is 2.11 bits per heavy atom. The lowest BCUT2D eigenvalue weighted by atomic mass is 10.0. The average molecular weight is 335 g/mol. The van der Waals surface area contributed by atoms with Crippen molar-refractivity contribution in [1.82, 2.24) is 5.32 Å². The maximum absolute atomic E-state index is 12.0. The number of hydrogen-bond donors (Lipinski definition) is 3. The van der Waals surface area contributed by atoms with Crippen LogP contribution in [0, 0.1) is 0 Å². The van der Waals surface area contributed by atoms with E-state index in [-0.39, 0.29) is 11.7 Å². The lowest BCUT2D eigenvalue weighted by Gasteiger charge is -2.24. The molecule has 1 aromatic rings. The van der Waals surface area contributed by atoms with E-state index in [0.717, 1.165) is 0 Å².